The molecule has 1 aliphatic carbocycles. The van der Waals surface area contributed by atoms with Crippen LogP contribution >= 0.6 is 0 Å². The summed E-state index contributed by atoms with van der Waals surface area (Å²) >= 11 is 0. The predicted molar refractivity (Wildman–Crippen MR) is 81.6 cm³/mol. The quantitative estimate of drug-likeness (QED) is 0.872. The molecule has 1 fully saturated rings. The normalized spacial score (nSPS) is 27.9. The van der Waals surface area contributed by atoms with E-state index >= 15 is 0 Å². The lowest BCUT2D eigenvalue weighted by atomic mass is 9.75. The zero-order valence-corrected chi connectivity index (χ0v) is 12.7. The molecule has 0 aromatic heterocycles. The fourth-order valence-corrected chi connectivity index (χ4v) is 3.50. The fourth-order valence-electron chi connectivity index (χ4n) is 3.50. The number of hydrogen-bond donors (Lipinski definition) is 1. The van der Waals surface area contributed by atoms with Gasteiger partial charge in [-0.25, -0.2) is 0 Å². The molecule has 1 aliphatic heterocycles. The molecule has 0 bridgehead atoms. The number of carbonyl (C=O) groups is 1. The van der Waals surface area contributed by atoms with Gasteiger partial charge in [-0.3, -0.25) is 4.79 Å². The number of methoxy groups -OCH3 is 1. The van der Waals surface area contributed by atoms with Crippen LogP contribution in [0.25, 0.3) is 0 Å². The molecule has 5 nitrogen and oxygen atoms in total. The zero-order valence-electron chi connectivity index (χ0n) is 12.7. The van der Waals surface area contributed by atoms with Gasteiger partial charge in [0.15, 0.2) is 0 Å². The van der Waals surface area contributed by atoms with Gasteiger partial charge in [-0.05, 0) is 42.7 Å². The van der Waals surface area contributed by atoms with Crippen LogP contribution in [0.2, 0.25) is 0 Å². The van der Waals surface area contributed by atoms with Crippen LogP contribution in [0.15, 0.2) is 29.4 Å². The SMILES string of the molecule is COC(=O)C1CCCCC1C1CC(c2ccc(O)cc2)=NO1. The Bertz CT molecular complexity index is 567. The lowest BCUT2D eigenvalue weighted by Gasteiger charge is -2.32. The van der Waals surface area contributed by atoms with Crippen molar-refractivity contribution in [3.63, 3.8) is 0 Å². The van der Waals surface area contributed by atoms with E-state index in [0.29, 0.717) is 6.42 Å². The van der Waals surface area contributed by atoms with E-state index in [-0.39, 0.29) is 29.7 Å². The van der Waals surface area contributed by atoms with Gasteiger partial charge >= 0.3 is 5.97 Å². The number of rotatable bonds is 3. The highest BCUT2D eigenvalue weighted by atomic mass is 16.6. The smallest absolute Gasteiger partial charge is 0.309 e. The Morgan fingerprint density at radius 1 is 1.27 bits per heavy atom. The number of benzene rings is 1. The first-order chi connectivity index (χ1) is 10.7. The van der Waals surface area contributed by atoms with Crippen molar-refractivity contribution >= 4 is 11.7 Å². The van der Waals surface area contributed by atoms with E-state index in [2.05, 4.69) is 5.16 Å². The van der Waals surface area contributed by atoms with E-state index in [1.165, 1.54) is 7.11 Å². The van der Waals surface area contributed by atoms with Crippen molar-refractivity contribution in [1.29, 1.82) is 0 Å². The predicted octanol–water partition coefficient (Wildman–Crippen LogP) is 2.86. The monoisotopic (exact) mass is 303 g/mol. The van der Waals surface area contributed by atoms with Crippen molar-refractivity contribution in [3.05, 3.63) is 29.8 Å². The van der Waals surface area contributed by atoms with Gasteiger partial charge in [0, 0.05) is 12.3 Å². The van der Waals surface area contributed by atoms with Gasteiger partial charge in [-0.2, -0.15) is 0 Å². The van der Waals surface area contributed by atoms with Crippen molar-refractivity contribution in [2.75, 3.05) is 7.11 Å². The summed E-state index contributed by atoms with van der Waals surface area (Å²) in [6, 6.07) is 6.95. The maximum Gasteiger partial charge on any atom is 0.309 e. The third kappa shape index (κ3) is 2.93. The highest BCUT2D eigenvalue weighted by molar-refractivity contribution is 6.01. The van der Waals surface area contributed by atoms with Crippen LogP contribution in [0, 0.1) is 11.8 Å². The molecule has 1 aromatic carbocycles. The molecule has 0 spiro atoms. The van der Waals surface area contributed by atoms with E-state index in [1.807, 2.05) is 12.1 Å². The molecule has 3 unspecified atom stereocenters. The van der Waals surface area contributed by atoms with E-state index in [0.717, 1.165) is 37.0 Å². The lowest BCUT2D eigenvalue weighted by molar-refractivity contribution is -0.151. The summed E-state index contributed by atoms with van der Waals surface area (Å²) in [5, 5.41) is 13.6. The highest BCUT2D eigenvalue weighted by Crippen LogP contribution is 2.37. The zero-order chi connectivity index (χ0) is 15.5. The molecule has 1 aromatic rings. The first-order valence-electron chi connectivity index (χ1n) is 7.79. The Morgan fingerprint density at radius 3 is 2.73 bits per heavy atom. The minimum atomic E-state index is -0.133. The molecule has 5 heteroatoms. The van der Waals surface area contributed by atoms with Crippen molar-refractivity contribution in [2.45, 2.75) is 38.2 Å². The summed E-state index contributed by atoms with van der Waals surface area (Å²) in [5.41, 5.74) is 1.82. The molecule has 22 heavy (non-hydrogen) atoms. The first-order valence-corrected chi connectivity index (χ1v) is 7.79. The van der Waals surface area contributed by atoms with Crippen molar-refractivity contribution in [2.24, 2.45) is 17.0 Å². The van der Waals surface area contributed by atoms with E-state index in [9.17, 15) is 9.90 Å². The van der Waals surface area contributed by atoms with Gasteiger partial charge in [-0.15, -0.1) is 0 Å². The van der Waals surface area contributed by atoms with E-state index in [4.69, 9.17) is 9.57 Å². The van der Waals surface area contributed by atoms with Gasteiger partial charge in [0.25, 0.3) is 0 Å². The van der Waals surface area contributed by atoms with E-state index in [1.54, 1.807) is 12.1 Å². The topological polar surface area (TPSA) is 68.1 Å². The summed E-state index contributed by atoms with van der Waals surface area (Å²) in [6.07, 6.45) is 4.66. The number of esters is 1. The summed E-state index contributed by atoms with van der Waals surface area (Å²) in [6.45, 7) is 0. The molecular formula is C17H21NO4. The number of phenolic OH excluding ortho intramolecular Hbond substituents is 1. The van der Waals surface area contributed by atoms with Crippen LogP contribution in [-0.4, -0.2) is 30.0 Å². The molecule has 0 amide bonds. The first kappa shape index (κ1) is 14.9. The molecule has 118 valence electrons. The van der Waals surface area contributed by atoms with Gasteiger partial charge in [0.2, 0.25) is 0 Å². The van der Waals surface area contributed by atoms with Crippen molar-refractivity contribution in [3.8, 4) is 5.75 Å². The fraction of sp³-hybridized carbons (Fsp3) is 0.529. The average molecular weight is 303 g/mol. The molecule has 3 rings (SSSR count). The summed E-state index contributed by atoms with van der Waals surface area (Å²) in [7, 11) is 1.45. The number of carbonyl (C=O) groups excluding carboxylic acids is 1. The third-order valence-electron chi connectivity index (χ3n) is 4.69. The van der Waals surface area contributed by atoms with Gasteiger partial charge in [-0.1, -0.05) is 18.0 Å². The van der Waals surface area contributed by atoms with Gasteiger partial charge < -0.3 is 14.7 Å². The number of aromatic hydroxyl groups is 1. The molecule has 1 N–H and O–H groups in total. The largest absolute Gasteiger partial charge is 0.508 e. The Morgan fingerprint density at radius 2 is 2.00 bits per heavy atom. The number of phenols is 1. The third-order valence-corrected chi connectivity index (χ3v) is 4.69. The summed E-state index contributed by atoms with van der Waals surface area (Å²) < 4.78 is 4.94. The standard InChI is InChI=1S/C17H21NO4/c1-21-17(20)14-5-3-2-4-13(14)16-10-15(18-22-16)11-6-8-12(19)9-7-11/h6-9,13-14,16,19H,2-5,10H2,1H3. The Hall–Kier alpha value is -2.04. The van der Waals surface area contributed by atoms with Gasteiger partial charge in [0.05, 0.1) is 18.7 Å². The average Bonchev–Trinajstić information content (AvgIpc) is 3.04. The number of hydrogen-bond acceptors (Lipinski definition) is 5. The Balaban J connectivity index is 1.69. The second-order valence-electron chi connectivity index (χ2n) is 6.01. The molecule has 3 atom stereocenters. The molecule has 1 saturated carbocycles. The number of nitrogens with zero attached hydrogens (tertiary/aromatic N) is 1. The second kappa shape index (κ2) is 6.38. The van der Waals surface area contributed by atoms with E-state index < -0.39 is 0 Å². The minimum absolute atomic E-state index is 0.0618. The highest BCUT2D eigenvalue weighted by Gasteiger charge is 2.40. The maximum atomic E-state index is 12.0. The second-order valence-corrected chi connectivity index (χ2v) is 6.01. The molecule has 0 radical (unpaired) electrons. The molecule has 2 aliphatic rings. The molecule has 0 saturated heterocycles. The van der Waals surface area contributed by atoms with Crippen LogP contribution in [0.1, 0.15) is 37.7 Å². The minimum Gasteiger partial charge on any atom is -0.508 e. The van der Waals surface area contributed by atoms with Gasteiger partial charge in [0.1, 0.15) is 11.9 Å². The van der Waals surface area contributed by atoms with Crippen molar-refractivity contribution < 1.29 is 19.5 Å². The van der Waals surface area contributed by atoms with Crippen molar-refractivity contribution in [1.82, 2.24) is 0 Å². The summed E-state index contributed by atoms with van der Waals surface area (Å²) in [4.78, 5) is 17.6. The Kier molecular flexibility index (Phi) is 4.32. The molecule has 1 heterocycles. The number of ether oxygens (including phenoxy) is 1. The van der Waals surface area contributed by atoms with Crippen LogP contribution in [-0.2, 0) is 14.4 Å². The maximum absolute atomic E-state index is 12.0. The van der Waals surface area contributed by atoms with Crippen LogP contribution in [0.4, 0.5) is 0 Å². The summed E-state index contributed by atoms with van der Waals surface area (Å²) in [5.74, 6) is 0.182. The van der Waals surface area contributed by atoms with Crippen LogP contribution < -0.4 is 0 Å². The number of oxime groups is 1. The van der Waals surface area contributed by atoms with Crippen LogP contribution in [0.3, 0.4) is 0 Å². The van der Waals surface area contributed by atoms with Crippen LogP contribution in [0.5, 0.6) is 5.75 Å². The Labute approximate surface area is 129 Å². The molecular weight excluding hydrogens is 282 g/mol. The lowest BCUT2D eigenvalue weighted by Crippen LogP contribution is -2.36.